The first-order valence-electron chi connectivity index (χ1n) is 3.60. The summed E-state index contributed by atoms with van der Waals surface area (Å²) in [4.78, 5) is 10.3. The normalized spacial score (nSPS) is 9.75. The van der Waals surface area contributed by atoms with Crippen LogP contribution >= 0.6 is 0 Å². The number of nitrogens with two attached hydrogens (primary N) is 1. The van der Waals surface area contributed by atoms with Crippen molar-refractivity contribution in [1.29, 1.82) is 0 Å². The average molecular weight is 166 g/mol. The molecule has 0 radical (unpaired) electrons. The van der Waals surface area contributed by atoms with Crippen LogP contribution in [0.2, 0.25) is 0 Å². The van der Waals surface area contributed by atoms with Gasteiger partial charge in [-0.3, -0.25) is 0 Å². The highest BCUT2D eigenvalue weighted by atomic mass is 16.3. The summed E-state index contributed by atoms with van der Waals surface area (Å²) in [5, 5.41) is 11.4. The maximum atomic E-state index is 10.3. The fraction of sp³-hybridized carbons (Fsp3) is 0.250. The summed E-state index contributed by atoms with van der Waals surface area (Å²) in [6.07, 6.45) is 0.432. The molecule has 0 fully saturated rings. The van der Waals surface area contributed by atoms with Gasteiger partial charge in [-0.1, -0.05) is 6.07 Å². The molecule has 0 saturated carbocycles. The first kappa shape index (κ1) is 8.67. The topological polar surface area (TPSA) is 75.7 Å². The lowest BCUT2D eigenvalue weighted by Crippen LogP contribution is -1.92. The maximum absolute atomic E-state index is 10.3. The van der Waals surface area contributed by atoms with Crippen molar-refractivity contribution in [2.75, 3.05) is 12.3 Å². The summed E-state index contributed by atoms with van der Waals surface area (Å²) in [6, 6.07) is 4.87. The van der Waals surface area contributed by atoms with Crippen molar-refractivity contribution in [2.24, 2.45) is 5.18 Å². The number of nitroso groups, excluding NO2 is 1. The first-order valence-corrected chi connectivity index (χ1v) is 3.60. The van der Waals surface area contributed by atoms with E-state index < -0.39 is 0 Å². The molecule has 0 aromatic heterocycles. The molecule has 1 rings (SSSR count). The third-order valence-electron chi connectivity index (χ3n) is 1.59. The molecule has 0 spiro atoms. The van der Waals surface area contributed by atoms with Crippen LogP contribution < -0.4 is 5.73 Å². The zero-order valence-electron chi connectivity index (χ0n) is 6.53. The van der Waals surface area contributed by atoms with Gasteiger partial charge in [0.05, 0.1) is 0 Å². The van der Waals surface area contributed by atoms with Crippen LogP contribution in [0.1, 0.15) is 5.56 Å². The molecule has 0 aliphatic heterocycles. The predicted molar refractivity (Wildman–Crippen MR) is 47.1 cm³/mol. The van der Waals surface area contributed by atoms with Crippen LogP contribution in [-0.2, 0) is 6.42 Å². The summed E-state index contributed by atoms with van der Waals surface area (Å²) < 4.78 is 0. The Labute approximate surface area is 70.0 Å². The summed E-state index contributed by atoms with van der Waals surface area (Å²) in [6.45, 7) is 0.00639. The lowest BCUT2D eigenvalue weighted by molar-refractivity contribution is 0.300. The Kier molecular flexibility index (Phi) is 2.76. The number of rotatable bonds is 3. The Bertz CT molecular complexity index is 286. The van der Waals surface area contributed by atoms with Crippen molar-refractivity contribution in [2.45, 2.75) is 6.42 Å². The van der Waals surface area contributed by atoms with Crippen LogP contribution in [0.5, 0.6) is 0 Å². The quantitative estimate of drug-likeness (QED) is 0.523. The molecule has 64 valence electrons. The Morgan fingerprint density at radius 3 is 2.83 bits per heavy atom. The van der Waals surface area contributed by atoms with Crippen LogP contribution in [0.3, 0.4) is 0 Å². The van der Waals surface area contributed by atoms with Gasteiger partial charge in [0.15, 0.2) is 0 Å². The van der Waals surface area contributed by atoms with Crippen LogP contribution in [0.4, 0.5) is 11.4 Å². The van der Waals surface area contributed by atoms with Gasteiger partial charge in [-0.15, -0.1) is 4.91 Å². The SMILES string of the molecule is Nc1ccc(CCO)c(N=O)c1. The minimum atomic E-state index is 0.00639. The van der Waals surface area contributed by atoms with E-state index in [1.54, 1.807) is 12.1 Å². The van der Waals surface area contributed by atoms with E-state index in [1.165, 1.54) is 6.07 Å². The Morgan fingerprint density at radius 2 is 2.25 bits per heavy atom. The van der Waals surface area contributed by atoms with E-state index in [-0.39, 0.29) is 6.61 Å². The number of anilines is 1. The molecule has 0 bridgehead atoms. The number of benzene rings is 1. The number of hydrogen-bond donors (Lipinski definition) is 2. The van der Waals surface area contributed by atoms with Crippen molar-refractivity contribution in [3.63, 3.8) is 0 Å². The van der Waals surface area contributed by atoms with Crippen molar-refractivity contribution in [3.8, 4) is 0 Å². The largest absolute Gasteiger partial charge is 0.399 e. The zero-order chi connectivity index (χ0) is 8.97. The van der Waals surface area contributed by atoms with Crippen molar-refractivity contribution in [1.82, 2.24) is 0 Å². The molecule has 1 aromatic rings. The second kappa shape index (κ2) is 3.82. The van der Waals surface area contributed by atoms with Crippen LogP contribution in [0, 0.1) is 4.91 Å². The van der Waals surface area contributed by atoms with Gasteiger partial charge in [-0.05, 0) is 29.3 Å². The van der Waals surface area contributed by atoms with E-state index in [0.717, 1.165) is 5.56 Å². The summed E-state index contributed by atoms with van der Waals surface area (Å²) in [5.74, 6) is 0. The van der Waals surface area contributed by atoms with Crippen LogP contribution in [-0.4, -0.2) is 11.7 Å². The van der Waals surface area contributed by atoms with Crippen LogP contribution in [0.15, 0.2) is 23.4 Å². The van der Waals surface area contributed by atoms with E-state index in [0.29, 0.717) is 17.8 Å². The molecule has 0 amide bonds. The van der Waals surface area contributed by atoms with Crippen molar-refractivity contribution < 1.29 is 5.11 Å². The van der Waals surface area contributed by atoms with E-state index in [2.05, 4.69) is 5.18 Å². The lowest BCUT2D eigenvalue weighted by Gasteiger charge is -2.01. The minimum absolute atomic E-state index is 0.00639. The molecular weight excluding hydrogens is 156 g/mol. The highest BCUT2D eigenvalue weighted by Gasteiger charge is 2.01. The van der Waals surface area contributed by atoms with Gasteiger partial charge in [0.2, 0.25) is 0 Å². The van der Waals surface area contributed by atoms with Crippen LogP contribution in [0.25, 0.3) is 0 Å². The maximum Gasteiger partial charge on any atom is 0.113 e. The van der Waals surface area contributed by atoms with Gasteiger partial charge in [-0.2, -0.15) is 0 Å². The summed E-state index contributed by atoms with van der Waals surface area (Å²) >= 11 is 0. The molecule has 1 aromatic carbocycles. The van der Waals surface area contributed by atoms with Gasteiger partial charge in [0.1, 0.15) is 5.69 Å². The molecule has 0 atom stereocenters. The van der Waals surface area contributed by atoms with E-state index in [9.17, 15) is 4.91 Å². The molecule has 0 aliphatic carbocycles. The third kappa shape index (κ3) is 1.79. The first-order chi connectivity index (χ1) is 5.77. The monoisotopic (exact) mass is 166 g/mol. The van der Waals surface area contributed by atoms with E-state index in [4.69, 9.17) is 10.8 Å². The summed E-state index contributed by atoms with van der Waals surface area (Å²) in [5.41, 5.74) is 6.98. The number of aliphatic hydroxyl groups excluding tert-OH is 1. The third-order valence-corrected chi connectivity index (χ3v) is 1.59. The second-order valence-electron chi connectivity index (χ2n) is 2.45. The number of aliphatic hydroxyl groups is 1. The molecule has 4 nitrogen and oxygen atoms in total. The Balaban J connectivity index is 3.02. The number of nitrogens with zero attached hydrogens (tertiary/aromatic N) is 1. The molecule has 12 heavy (non-hydrogen) atoms. The highest BCUT2D eigenvalue weighted by Crippen LogP contribution is 2.22. The smallest absolute Gasteiger partial charge is 0.113 e. The standard InChI is InChI=1S/C8H10N2O2/c9-7-2-1-6(3-4-11)8(5-7)10-12/h1-2,5,11H,3-4,9H2. The number of hydrogen-bond acceptors (Lipinski definition) is 4. The van der Waals surface area contributed by atoms with Crippen molar-refractivity contribution >= 4 is 11.4 Å². The Morgan fingerprint density at radius 1 is 1.50 bits per heavy atom. The fourth-order valence-corrected chi connectivity index (χ4v) is 0.998. The van der Waals surface area contributed by atoms with E-state index >= 15 is 0 Å². The fourth-order valence-electron chi connectivity index (χ4n) is 0.998. The van der Waals surface area contributed by atoms with Gasteiger partial charge in [-0.25, -0.2) is 0 Å². The minimum Gasteiger partial charge on any atom is -0.399 e. The summed E-state index contributed by atoms with van der Waals surface area (Å²) in [7, 11) is 0. The van der Waals surface area contributed by atoms with Crippen molar-refractivity contribution in [3.05, 3.63) is 28.7 Å². The lowest BCUT2D eigenvalue weighted by atomic mass is 10.1. The predicted octanol–water partition coefficient (Wildman–Crippen LogP) is 1.20. The molecular formula is C8H10N2O2. The van der Waals surface area contributed by atoms with Gasteiger partial charge in [0.25, 0.3) is 0 Å². The van der Waals surface area contributed by atoms with Gasteiger partial charge in [0, 0.05) is 12.3 Å². The molecule has 0 heterocycles. The second-order valence-corrected chi connectivity index (χ2v) is 2.45. The molecule has 4 heteroatoms. The molecule has 0 aliphatic rings. The molecule has 0 saturated heterocycles. The van der Waals surface area contributed by atoms with Gasteiger partial charge >= 0.3 is 0 Å². The molecule has 0 unspecified atom stereocenters. The van der Waals surface area contributed by atoms with E-state index in [1.807, 2.05) is 0 Å². The highest BCUT2D eigenvalue weighted by molar-refractivity contribution is 5.56. The van der Waals surface area contributed by atoms with Gasteiger partial charge < -0.3 is 10.8 Å². The Hall–Kier alpha value is -1.42. The molecule has 3 N–H and O–H groups in total. The number of nitrogen functional groups attached to an aromatic ring is 1. The average Bonchev–Trinajstić information content (AvgIpc) is 2.08. The zero-order valence-corrected chi connectivity index (χ0v) is 6.53.